The van der Waals surface area contributed by atoms with Crippen molar-refractivity contribution in [2.24, 2.45) is 0 Å². The molecule has 2 heterocycles. The summed E-state index contributed by atoms with van der Waals surface area (Å²) in [6, 6.07) is 15.8. The molecular formula is C22H25N3O3. The van der Waals surface area contributed by atoms with Crippen LogP contribution in [0.25, 0.3) is 0 Å². The fourth-order valence-corrected chi connectivity index (χ4v) is 3.82. The Balaban J connectivity index is 1.36. The summed E-state index contributed by atoms with van der Waals surface area (Å²) in [7, 11) is 1.83. The Kier molecular flexibility index (Phi) is 5.19. The van der Waals surface area contributed by atoms with E-state index < -0.39 is 0 Å². The zero-order valence-corrected chi connectivity index (χ0v) is 16.1. The smallest absolute Gasteiger partial charge is 0.410 e. The average Bonchev–Trinajstić information content (AvgIpc) is 2.89. The molecule has 0 saturated carbocycles. The van der Waals surface area contributed by atoms with Gasteiger partial charge in [-0.3, -0.25) is 4.79 Å². The van der Waals surface area contributed by atoms with Gasteiger partial charge in [0.15, 0.2) is 0 Å². The van der Waals surface area contributed by atoms with E-state index >= 15 is 0 Å². The number of carbonyl (C=O) groups excluding carboxylic acids is 2. The summed E-state index contributed by atoms with van der Waals surface area (Å²) in [6.45, 7) is 3.91. The molecule has 2 amide bonds. The van der Waals surface area contributed by atoms with E-state index in [9.17, 15) is 9.59 Å². The number of benzene rings is 2. The van der Waals surface area contributed by atoms with Crippen LogP contribution in [0.5, 0.6) is 0 Å². The number of ether oxygens (including phenoxy) is 1. The maximum absolute atomic E-state index is 12.4. The van der Waals surface area contributed by atoms with Crippen LogP contribution in [-0.2, 0) is 17.9 Å². The molecule has 0 aliphatic carbocycles. The molecule has 6 heteroatoms. The second-order valence-electron chi connectivity index (χ2n) is 7.37. The van der Waals surface area contributed by atoms with Gasteiger partial charge in [0.1, 0.15) is 6.61 Å². The van der Waals surface area contributed by atoms with Crippen molar-refractivity contribution in [2.75, 3.05) is 38.1 Å². The molecule has 0 radical (unpaired) electrons. The Hall–Kier alpha value is -3.02. The Morgan fingerprint density at radius 3 is 2.68 bits per heavy atom. The van der Waals surface area contributed by atoms with Crippen LogP contribution in [0.15, 0.2) is 48.5 Å². The van der Waals surface area contributed by atoms with Gasteiger partial charge in [-0.25, -0.2) is 4.79 Å². The first-order valence-corrected chi connectivity index (χ1v) is 9.71. The highest BCUT2D eigenvalue weighted by Crippen LogP contribution is 2.27. The second-order valence-corrected chi connectivity index (χ2v) is 7.37. The minimum absolute atomic E-state index is 0.0877. The normalized spacial score (nSPS) is 16.8. The van der Waals surface area contributed by atoms with Gasteiger partial charge in [-0.15, -0.1) is 0 Å². The van der Waals surface area contributed by atoms with Crippen molar-refractivity contribution in [1.82, 2.24) is 9.80 Å². The third kappa shape index (κ3) is 3.81. The Morgan fingerprint density at radius 2 is 1.86 bits per heavy atom. The standard InChI is InChI=1S/C22H25N3O3/c1-23-15-18-14-19(8-9-20(18)21(23)26)24-10-5-11-25(13-12-24)22(27)28-16-17-6-3-2-4-7-17/h2-4,6-9,14H,5,10-13,15-16H2,1H3. The molecule has 0 aromatic heterocycles. The molecule has 0 spiro atoms. The molecule has 0 atom stereocenters. The Morgan fingerprint density at radius 1 is 1.04 bits per heavy atom. The van der Waals surface area contributed by atoms with Crippen LogP contribution in [-0.4, -0.2) is 55.0 Å². The van der Waals surface area contributed by atoms with Crippen molar-refractivity contribution in [3.63, 3.8) is 0 Å². The van der Waals surface area contributed by atoms with Gasteiger partial charge in [0.05, 0.1) is 0 Å². The maximum atomic E-state index is 12.4. The predicted molar refractivity (Wildman–Crippen MR) is 107 cm³/mol. The highest BCUT2D eigenvalue weighted by molar-refractivity contribution is 5.98. The molecule has 2 aromatic carbocycles. The van der Waals surface area contributed by atoms with Crippen molar-refractivity contribution in [1.29, 1.82) is 0 Å². The van der Waals surface area contributed by atoms with Crippen LogP contribution in [0, 0.1) is 0 Å². The molecule has 2 aromatic rings. The van der Waals surface area contributed by atoms with E-state index in [1.54, 1.807) is 9.80 Å². The van der Waals surface area contributed by atoms with Crippen LogP contribution in [0.3, 0.4) is 0 Å². The summed E-state index contributed by atoms with van der Waals surface area (Å²) >= 11 is 0. The third-order valence-corrected chi connectivity index (χ3v) is 5.40. The first kappa shape index (κ1) is 18.3. The van der Waals surface area contributed by atoms with E-state index in [1.165, 1.54) is 0 Å². The number of nitrogens with zero attached hydrogens (tertiary/aromatic N) is 3. The second kappa shape index (κ2) is 7.92. The first-order valence-electron chi connectivity index (χ1n) is 9.71. The number of hydrogen-bond donors (Lipinski definition) is 0. The molecule has 146 valence electrons. The third-order valence-electron chi connectivity index (χ3n) is 5.40. The minimum atomic E-state index is -0.258. The van der Waals surface area contributed by atoms with Crippen LogP contribution < -0.4 is 4.90 Å². The fraction of sp³-hybridized carbons (Fsp3) is 0.364. The van der Waals surface area contributed by atoms with Gasteiger partial charge in [0.2, 0.25) is 0 Å². The van der Waals surface area contributed by atoms with E-state index in [2.05, 4.69) is 11.0 Å². The Bertz CT molecular complexity index is 869. The van der Waals surface area contributed by atoms with Crippen molar-refractivity contribution in [3.05, 3.63) is 65.2 Å². The molecule has 28 heavy (non-hydrogen) atoms. The van der Waals surface area contributed by atoms with E-state index in [0.29, 0.717) is 26.2 Å². The number of fused-ring (bicyclic) bond motifs is 1. The summed E-state index contributed by atoms with van der Waals surface area (Å²) in [5.74, 6) is 0.0877. The van der Waals surface area contributed by atoms with Gasteiger partial charge in [-0.2, -0.15) is 0 Å². The molecule has 2 aliphatic heterocycles. The van der Waals surface area contributed by atoms with Crippen molar-refractivity contribution >= 4 is 17.7 Å². The molecule has 0 bridgehead atoms. The topological polar surface area (TPSA) is 53.1 Å². The summed E-state index contributed by atoms with van der Waals surface area (Å²) < 4.78 is 5.47. The highest BCUT2D eigenvalue weighted by atomic mass is 16.6. The lowest BCUT2D eigenvalue weighted by molar-refractivity contribution is 0.0816. The Labute approximate surface area is 165 Å². The largest absolute Gasteiger partial charge is 0.445 e. The quantitative estimate of drug-likeness (QED) is 0.822. The molecule has 1 fully saturated rings. The lowest BCUT2D eigenvalue weighted by Gasteiger charge is -2.24. The summed E-state index contributed by atoms with van der Waals surface area (Å²) in [6.07, 6.45) is 0.628. The summed E-state index contributed by atoms with van der Waals surface area (Å²) in [5.41, 5.74) is 3.98. The van der Waals surface area contributed by atoms with Crippen molar-refractivity contribution in [3.8, 4) is 0 Å². The number of carbonyl (C=O) groups is 2. The molecule has 0 unspecified atom stereocenters. The lowest BCUT2D eigenvalue weighted by atomic mass is 10.1. The van der Waals surface area contributed by atoms with E-state index in [0.717, 1.165) is 41.9 Å². The van der Waals surface area contributed by atoms with Crippen molar-refractivity contribution < 1.29 is 14.3 Å². The van der Waals surface area contributed by atoms with Gasteiger partial charge in [-0.05, 0) is 35.7 Å². The highest BCUT2D eigenvalue weighted by Gasteiger charge is 2.26. The summed E-state index contributed by atoms with van der Waals surface area (Å²) in [4.78, 5) is 30.3. The van der Waals surface area contributed by atoms with E-state index in [-0.39, 0.29) is 12.0 Å². The minimum Gasteiger partial charge on any atom is -0.445 e. The molecule has 4 rings (SSSR count). The monoisotopic (exact) mass is 379 g/mol. The molecular weight excluding hydrogens is 354 g/mol. The zero-order valence-electron chi connectivity index (χ0n) is 16.1. The molecule has 1 saturated heterocycles. The first-order chi connectivity index (χ1) is 13.6. The van der Waals surface area contributed by atoms with E-state index in [4.69, 9.17) is 4.74 Å². The predicted octanol–water partition coefficient (Wildman–Crippen LogP) is 3.12. The van der Waals surface area contributed by atoms with Gasteiger partial charge in [0.25, 0.3) is 5.91 Å². The van der Waals surface area contributed by atoms with Gasteiger partial charge in [0, 0.05) is 51.0 Å². The number of hydrogen-bond acceptors (Lipinski definition) is 4. The van der Waals surface area contributed by atoms with Crippen molar-refractivity contribution in [2.45, 2.75) is 19.6 Å². The molecule has 2 aliphatic rings. The SMILES string of the molecule is CN1Cc2cc(N3CCCN(C(=O)OCc4ccccc4)CC3)ccc2C1=O. The van der Waals surface area contributed by atoms with Gasteiger partial charge >= 0.3 is 6.09 Å². The fourth-order valence-electron chi connectivity index (χ4n) is 3.82. The van der Waals surface area contributed by atoms with Gasteiger partial charge < -0.3 is 19.4 Å². The number of anilines is 1. The van der Waals surface area contributed by atoms with Crippen LogP contribution in [0.1, 0.15) is 27.9 Å². The molecule has 6 nitrogen and oxygen atoms in total. The average molecular weight is 379 g/mol. The van der Waals surface area contributed by atoms with Crippen LogP contribution >= 0.6 is 0 Å². The number of amides is 2. The van der Waals surface area contributed by atoms with E-state index in [1.807, 2.05) is 49.5 Å². The molecule has 0 N–H and O–H groups in total. The maximum Gasteiger partial charge on any atom is 0.410 e. The number of rotatable bonds is 3. The van der Waals surface area contributed by atoms with Gasteiger partial charge in [-0.1, -0.05) is 30.3 Å². The van der Waals surface area contributed by atoms with Crippen LogP contribution in [0.4, 0.5) is 10.5 Å². The van der Waals surface area contributed by atoms with Crippen LogP contribution in [0.2, 0.25) is 0 Å². The summed E-state index contributed by atoms with van der Waals surface area (Å²) in [5, 5.41) is 0. The lowest BCUT2D eigenvalue weighted by Crippen LogP contribution is -2.35. The zero-order chi connectivity index (χ0) is 19.5.